The topological polar surface area (TPSA) is 95.6 Å². The van der Waals surface area contributed by atoms with Gasteiger partial charge < -0.3 is 4.90 Å². The number of rotatable bonds is 4. The molecular formula is C14H19N3O4S. The number of hydrazine groups is 1. The van der Waals surface area contributed by atoms with Crippen molar-refractivity contribution in [2.24, 2.45) is 5.92 Å². The number of nitrogens with one attached hydrogen (secondary N) is 2. The average Bonchev–Trinajstić information content (AvgIpc) is 2.87. The minimum atomic E-state index is -3.83. The van der Waals surface area contributed by atoms with Crippen LogP contribution in [0.3, 0.4) is 0 Å². The number of carbonyl (C=O) groups is 2. The minimum absolute atomic E-state index is 0.0562. The summed E-state index contributed by atoms with van der Waals surface area (Å²) < 4.78 is 24.3. The van der Waals surface area contributed by atoms with Crippen LogP contribution in [-0.2, 0) is 26.0 Å². The Balaban J connectivity index is 2.20. The van der Waals surface area contributed by atoms with Crippen molar-refractivity contribution < 1.29 is 18.0 Å². The quantitative estimate of drug-likeness (QED) is 0.791. The third-order valence-corrected chi connectivity index (χ3v) is 4.72. The maximum absolute atomic E-state index is 12.2. The van der Waals surface area contributed by atoms with E-state index in [0.29, 0.717) is 13.0 Å². The van der Waals surface area contributed by atoms with Crippen molar-refractivity contribution in [3.63, 3.8) is 0 Å². The molecule has 22 heavy (non-hydrogen) atoms. The fraction of sp³-hybridized carbons (Fsp3) is 0.429. The first-order chi connectivity index (χ1) is 10.2. The number of hydrogen-bond acceptors (Lipinski definition) is 4. The van der Waals surface area contributed by atoms with Crippen molar-refractivity contribution in [2.75, 3.05) is 11.4 Å². The molecule has 0 aromatic heterocycles. The second-order valence-electron chi connectivity index (χ2n) is 5.46. The third-order valence-electron chi connectivity index (χ3n) is 3.47. The first-order valence-corrected chi connectivity index (χ1v) is 8.43. The van der Waals surface area contributed by atoms with Crippen molar-refractivity contribution in [1.82, 2.24) is 10.3 Å². The summed E-state index contributed by atoms with van der Waals surface area (Å²) in [4.78, 5) is 26.7. The fourth-order valence-electron chi connectivity index (χ4n) is 2.19. The summed E-state index contributed by atoms with van der Waals surface area (Å²) in [5.41, 5.74) is 3.71. The smallest absolute Gasteiger partial charge is 0.257 e. The van der Waals surface area contributed by atoms with Crippen molar-refractivity contribution in [2.45, 2.75) is 32.1 Å². The SMILES string of the molecule is CC(=O)N1CCc2cc(S(=O)(=O)NNC(=O)C(C)C)ccc21. The van der Waals surface area contributed by atoms with E-state index >= 15 is 0 Å². The molecule has 1 heterocycles. The van der Waals surface area contributed by atoms with Gasteiger partial charge in [0.25, 0.3) is 10.0 Å². The molecule has 2 rings (SSSR count). The molecule has 2 amide bonds. The predicted octanol–water partition coefficient (Wildman–Crippen LogP) is 0.561. The lowest BCUT2D eigenvalue weighted by Crippen LogP contribution is -2.43. The van der Waals surface area contributed by atoms with Crippen LogP contribution in [0, 0.1) is 5.92 Å². The summed E-state index contributed by atoms with van der Waals surface area (Å²) in [5, 5.41) is 0. The van der Waals surface area contributed by atoms with Crippen molar-refractivity contribution >= 4 is 27.5 Å². The molecule has 2 N–H and O–H groups in total. The minimum Gasteiger partial charge on any atom is -0.312 e. The van der Waals surface area contributed by atoms with Crippen LogP contribution >= 0.6 is 0 Å². The summed E-state index contributed by atoms with van der Waals surface area (Å²) >= 11 is 0. The van der Waals surface area contributed by atoms with E-state index < -0.39 is 15.9 Å². The average molecular weight is 325 g/mol. The van der Waals surface area contributed by atoms with Crippen molar-refractivity contribution in [3.8, 4) is 0 Å². The third kappa shape index (κ3) is 3.28. The maximum Gasteiger partial charge on any atom is 0.257 e. The number of carbonyl (C=O) groups excluding carboxylic acids is 2. The lowest BCUT2D eigenvalue weighted by atomic mass is 10.2. The van der Waals surface area contributed by atoms with Gasteiger partial charge in [-0.2, -0.15) is 0 Å². The molecule has 1 aliphatic rings. The number of nitrogens with zero attached hydrogens (tertiary/aromatic N) is 1. The van der Waals surface area contributed by atoms with Crippen molar-refractivity contribution in [3.05, 3.63) is 23.8 Å². The van der Waals surface area contributed by atoms with Crippen LogP contribution in [0.2, 0.25) is 0 Å². The van der Waals surface area contributed by atoms with E-state index in [1.807, 2.05) is 0 Å². The highest BCUT2D eigenvalue weighted by molar-refractivity contribution is 7.89. The zero-order valence-electron chi connectivity index (χ0n) is 12.7. The van der Waals surface area contributed by atoms with Crippen LogP contribution in [0.1, 0.15) is 26.3 Å². The van der Waals surface area contributed by atoms with Gasteiger partial charge in [0.1, 0.15) is 0 Å². The zero-order chi connectivity index (χ0) is 16.5. The Hall–Kier alpha value is -1.93. The molecule has 0 fully saturated rings. The van der Waals surface area contributed by atoms with Crippen LogP contribution in [0.25, 0.3) is 0 Å². The van der Waals surface area contributed by atoms with Gasteiger partial charge in [-0.3, -0.25) is 15.0 Å². The summed E-state index contributed by atoms with van der Waals surface area (Å²) in [6.45, 7) is 5.35. The summed E-state index contributed by atoms with van der Waals surface area (Å²) in [7, 11) is -3.83. The molecule has 1 aliphatic heterocycles. The van der Waals surface area contributed by atoms with Gasteiger partial charge in [-0.1, -0.05) is 13.8 Å². The van der Waals surface area contributed by atoms with Gasteiger partial charge in [0, 0.05) is 25.1 Å². The van der Waals surface area contributed by atoms with Gasteiger partial charge in [-0.05, 0) is 30.2 Å². The van der Waals surface area contributed by atoms with Gasteiger partial charge in [0.15, 0.2) is 0 Å². The molecule has 0 saturated carbocycles. The molecule has 8 heteroatoms. The van der Waals surface area contributed by atoms with E-state index in [1.54, 1.807) is 24.8 Å². The second kappa shape index (κ2) is 6.05. The molecule has 0 bridgehead atoms. The zero-order valence-corrected chi connectivity index (χ0v) is 13.5. The maximum atomic E-state index is 12.2. The predicted molar refractivity (Wildman–Crippen MR) is 81.5 cm³/mol. The molecule has 7 nitrogen and oxygen atoms in total. The molecule has 0 aliphatic carbocycles. The Kier molecular flexibility index (Phi) is 4.52. The molecule has 0 atom stereocenters. The first-order valence-electron chi connectivity index (χ1n) is 6.95. The molecule has 1 aromatic rings. The summed E-state index contributed by atoms with van der Waals surface area (Å²) in [6.07, 6.45) is 0.608. The van der Waals surface area contributed by atoms with E-state index in [2.05, 4.69) is 10.3 Å². The van der Waals surface area contributed by atoms with Crippen LogP contribution in [0.5, 0.6) is 0 Å². The monoisotopic (exact) mass is 325 g/mol. The first kappa shape index (κ1) is 16.4. The van der Waals surface area contributed by atoms with Crippen molar-refractivity contribution in [1.29, 1.82) is 0 Å². The number of amides is 2. The standard InChI is InChI=1S/C14H19N3O4S/c1-9(2)14(19)15-16-22(20,21)12-4-5-13-11(8-12)6-7-17(13)10(3)18/h4-5,8-9,16H,6-7H2,1-3H3,(H,15,19). The van der Waals surface area contributed by atoms with E-state index in [4.69, 9.17) is 0 Å². The Bertz CT molecular complexity index is 713. The van der Waals surface area contributed by atoms with Gasteiger partial charge in [0.2, 0.25) is 11.8 Å². The van der Waals surface area contributed by atoms with E-state index in [0.717, 1.165) is 11.3 Å². The molecular weight excluding hydrogens is 306 g/mol. The van der Waals surface area contributed by atoms with Crippen LogP contribution in [0.4, 0.5) is 5.69 Å². The lowest BCUT2D eigenvalue weighted by Gasteiger charge is -2.15. The van der Waals surface area contributed by atoms with Gasteiger partial charge in [0.05, 0.1) is 4.90 Å². The largest absolute Gasteiger partial charge is 0.312 e. The fourth-order valence-corrected chi connectivity index (χ4v) is 3.09. The molecule has 0 radical (unpaired) electrons. The van der Waals surface area contributed by atoms with Gasteiger partial charge in [-0.15, -0.1) is 4.83 Å². The number of benzene rings is 1. The molecule has 120 valence electrons. The van der Waals surface area contributed by atoms with Crippen LogP contribution in [0.15, 0.2) is 23.1 Å². The Morgan fingerprint density at radius 3 is 2.55 bits per heavy atom. The number of hydrogen-bond donors (Lipinski definition) is 2. The Morgan fingerprint density at radius 1 is 1.27 bits per heavy atom. The van der Waals surface area contributed by atoms with E-state index in [9.17, 15) is 18.0 Å². The molecule has 1 aromatic carbocycles. The Labute approximate surface area is 129 Å². The van der Waals surface area contributed by atoms with Gasteiger partial charge in [-0.25, -0.2) is 8.42 Å². The summed E-state index contributed by atoms with van der Waals surface area (Å²) in [6, 6.07) is 4.56. The molecule has 0 spiro atoms. The van der Waals surface area contributed by atoms with E-state index in [-0.39, 0.29) is 16.7 Å². The highest BCUT2D eigenvalue weighted by atomic mass is 32.2. The highest BCUT2D eigenvalue weighted by Crippen LogP contribution is 2.30. The molecule has 0 saturated heterocycles. The highest BCUT2D eigenvalue weighted by Gasteiger charge is 2.25. The number of fused-ring (bicyclic) bond motifs is 1. The normalized spacial score (nSPS) is 14.1. The lowest BCUT2D eigenvalue weighted by molar-refractivity contribution is -0.124. The second-order valence-corrected chi connectivity index (χ2v) is 7.14. The Morgan fingerprint density at radius 2 is 1.95 bits per heavy atom. The number of anilines is 1. The van der Waals surface area contributed by atoms with Crippen LogP contribution < -0.4 is 15.2 Å². The molecule has 0 unspecified atom stereocenters. The number of sulfonamides is 1. The van der Waals surface area contributed by atoms with Crippen LogP contribution in [-0.4, -0.2) is 26.8 Å². The van der Waals surface area contributed by atoms with E-state index in [1.165, 1.54) is 19.1 Å². The summed E-state index contributed by atoms with van der Waals surface area (Å²) in [5.74, 6) is -0.809. The van der Waals surface area contributed by atoms with Gasteiger partial charge >= 0.3 is 0 Å².